The van der Waals surface area contributed by atoms with E-state index in [2.05, 4.69) is 17.2 Å². The molecule has 0 aliphatic carbocycles. The molecule has 0 aliphatic heterocycles. The van der Waals surface area contributed by atoms with Crippen molar-refractivity contribution in [3.05, 3.63) is 87.0 Å². The molecule has 0 spiro atoms. The van der Waals surface area contributed by atoms with Crippen molar-refractivity contribution in [1.29, 1.82) is 0 Å². The topological polar surface area (TPSA) is 64.0 Å². The van der Waals surface area contributed by atoms with Crippen LogP contribution in [0.3, 0.4) is 0 Å². The Morgan fingerprint density at radius 1 is 1.06 bits per heavy atom. The number of thiophene rings is 1. The van der Waals surface area contributed by atoms with Gasteiger partial charge >= 0.3 is 0 Å². The van der Waals surface area contributed by atoms with Gasteiger partial charge in [0.05, 0.1) is 17.8 Å². The number of anilines is 1. The van der Waals surface area contributed by atoms with Gasteiger partial charge in [-0.25, -0.2) is 4.98 Å². The van der Waals surface area contributed by atoms with Crippen molar-refractivity contribution in [2.45, 2.75) is 32.0 Å². The molecule has 7 heteroatoms. The van der Waals surface area contributed by atoms with Gasteiger partial charge in [-0.2, -0.15) is 0 Å². The summed E-state index contributed by atoms with van der Waals surface area (Å²) in [6.07, 6.45) is 0.958. The lowest BCUT2D eigenvalue weighted by Crippen LogP contribution is -2.24. The van der Waals surface area contributed by atoms with Gasteiger partial charge in [-0.3, -0.25) is 14.2 Å². The molecule has 4 rings (SSSR count). The Balaban J connectivity index is 1.54. The summed E-state index contributed by atoms with van der Waals surface area (Å²) in [5.74, 6) is 0.0432. The SMILES string of the molecule is CCc1ccc(NC(=O)CSc2nc3ccsc3c(=O)n2Cc2ccc(C)cc2)cc1. The lowest BCUT2D eigenvalue weighted by molar-refractivity contribution is -0.113. The zero-order valence-corrected chi connectivity index (χ0v) is 19.1. The van der Waals surface area contributed by atoms with E-state index in [1.807, 2.05) is 66.9 Å². The fraction of sp³-hybridized carbons (Fsp3) is 0.208. The number of carbonyl (C=O) groups excluding carboxylic acids is 1. The van der Waals surface area contributed by atoms with Crippen LogP contribution in [0.5, 0.6) is 0 Å². The molecule has 2 aromatic heterocycles. The molecule has 0 fully saturated rings. The fourth-order valence-corrected chi connectivity index (χ4v) is 4.78. The van der Waals surface area contributed by atoms with Crippen LogP contribution in [0.1, 0.15) is 23.6 Å². The highest BCUT2D eigenvalue weighted by Gasteiger charge is 2.15. The summed E-state index contributed by atoms with van der Waals surface area (Å²) >= 11 is 2.68. The zero-order valence-electron chi connectivity index (χ0n) is 17.4. The quantitative estimate of drug-likeness (QED) is 0.315. The van der Waals surface area contributed by atoms with E-state index in [9.17, 15) is 9.59 Å². The number of benzene rings is 2. The number of thioether (sulfide) groups is 1. The molecule has 0 radical (unpaired) electrons. The monoisotopic (exact) mass is 449 g/mol. The van der Waals surface area contributed by atoms with Gasteiger partial charge in [-0.1, -0.05) is 60.6 Å². The Labute approximate surface area is 189 Å². The van der Waals surface area contributed by atoms with E-state index in [-0.39, 0.29) is 17.2 Å². The van der Waals surface area contributed by atoms with E-state index >= 15 is 0 Å². The first kappa shape index (κ1) is 21.3. The standard InChI is InChI=1S/C24H23N3O2S2/c1-3-17-8-10-19(11-9-17)25-21(28)15-31-24-26-20-12-13-30-22(20)23(29)27(24)14-18-6-4-16(2)5-7-18/h4-13H,3,14-15H2,1-2H3,(H,25,28). The number of aryl methyl sites for hydroxylation is 2. The molecule has 4 aromatic rings. The smallest absolute Gasteiger partial charge is 0.272 e. The summed E-state index contributed by atoms with van der Waals surface area (Å²) in [5, 5.41) is 5.33. The minimum atomic E-state index is -0.129. The van der Waals surface area contributed by atoms with Gasteiger partial charge < -0.3 is 5.32 Å². The molecule has 0 saturated heterocycles. The fourth-order valence-electron chi connectivity index (χ4n) is 3.20. The maximum atomic E-state index is 13.1. The molecule has 1 amide bonds. The second kappa shape index (κ2) is 9.49. The highest BCUT2D eigenvalue weighted by atomic mass is 32.2. The Morgan fingerprint density at radius 2 is 1.77 bits per heavy atom. The van der Waals surface area contributed by atoms with Crippen molar-refractivity contribution in [1.82, 2.24) is 9.55 Å². The van der Waals surface area contributed by atoms with Gasteiger partial charge in [-0.05, 0) is 48.1 Å². The Morgan fingerprint density at radius 3 is 2.48 bits per heavy atom. The molecular formula is C24H23N3O2S2. The van der Waals surface area contributed by atoms with E-state index < -0.39 is 0 Å². The van der Waals surface area contributed by atoms with E-state index in [1.165, 1.54) is 34.2 Å². The van der Waals surface area contributed by atoms with Crippen LogP contribution in [0.2, 0.25) is 0 Å². The van der Waals surface area contributed by atoms with Crippen LogP contribution >= 0.6 is 23.1 Å². The number of nitrogens with one attached hydrogen (secondary N) is 1. The lowest BCUT2D eigenvalue weighted by Gasteiger charge is -2.12. The number of fused-ring (bicyclic) bond motifs is 1. The second-order valence-electron chi connectivity index (χ2n) is 7.29. The average molecular weight is 450 g/mol. The number of nitrogens with zero attached hydrogens (tertiary/aromatic N) is 2. The first-order chi connectivity index (χ1) is 15.0. The van der Waals surface area contributed by atoms with Gasteiger partial charge in [0.25, 0.3) is 5.56 Å². The number of rotatable bonds is 7. The van der Waals surface area contributed by atoms with Crippen LogP contribution < -0.4 is 10.9 Å². The van der Waals surface area contributed by atoms with E-state index in [1.54, 1.807) is 4.57 Å². The largest absolute Gasteiger partial charge is 0.325 e. The molecule has 0 aliphatic rings. The molecule has 0 atom stereocenters. The van der Waals surface area contributed by atoms with Crippen molar-refractivity contribution < 1.29 is 4.79 Å². The van der Waals surface area contributed by atoms with Crippen LogP contribution in [-0.2, 0) is 17.8 Å². The van der Waals surface area contributed by atoms with Gasteiger partial charge in [0.15, 0.2) is 5.16 Å². The predicted molar refractivity (Wildman–Crippen MR) is 129 cm³/mol. The Hall–Kier alpha value is -2.90. The van der Waals surface area contributed by atoms with Crippen LogP contribution in [-0.4, -0.2) is 21.2 Å². The predicted octanol–water partition coefficient (Wildman–Crippen LogP) is 5.11. The van der Waals surface area contributed by atoms with E-state index in [4.69, 9.17) is 0 Å². The van der Waals surface area contributed by atoms with Crippen LogP contribution in [0.15, 0.2) is 69.9 Å². The Bertz CT molecular complexity index is 1260. The third-order valence-electron chi connectivity index (χ3n) is 4.97. The van der Waals surface area contributed by atoms with Crippen molar-refractivity contribution >= 4 is 44.9 Å². The van der Waals surface area contributed by atoms with E-state index in [0.717, 1.165) is 17.7 Å². The highest BCUT2D eigenvalue weighted by molar-refractivity contribution is 7.99. The molecule has 31 heavy (non-hydrogen) atoms. The molecule has 1 N–H and O–H groups in total. The van der Waals surface area contributed by atoms with Gasteiger partial charge in [0.1, 0.15) is 4.70 Å². The van der Waals surface area contributed by atoms with E-state index in [0.29, 0.717) is 21.9 Å². The van der Waals surface area contributed by atoms with Crippen LogP contribution in [0.25, 0.3) is 10.2 Å². The summed E-state index contributed by atoms with van der Waals surface area (Å²) in [5.41, 5.74) is 4.78. The first-order valence-corrected chi connectivity index (χ1v) is 11.9. The lowest BCUT2D eigenvalue weighted by atomic mass is 10.1. The van der Waals surface area contributed by atoms with Crippen LogP contribution in [0.4, 0.5) is 5.69 Å². The average Bonchev–Trinajstić information content (AvgIpc) is 3.25. The number of aromatic nitrogens is 2. The molecule has 0 saturated carbocycles. The zero-order chi connectivity index (χ0) is 21.8. The van der Waals surface area contributed by atoms with Gasteiger partial charge in [0.2, 0.25) is 5.91 Å². The molecule has 2 heterocycles. The minimum Gasteiger partial charge on any atom is -0.325 e. The number of amides is 1. The van der Waals surface area contributed by atoms with Crippen molar-refractivity contribution in [2.24, 2.45) is 0 Å². The molecular weight excluding hydrogens is 426 g/mol. The molecule has 2 aromatic carbocycles. The summed E-state index contributed by atoms with van der Waals surface area (Å²) in [6.45, 7) is 4.55. The molecule has 158 valence electrons. The van der Waals surface area contributed by atoms with Gasteiger partial charge in [0, 0.05) is 5.69 Å². The summed E-state index contributed by atoms with van der Waals surface area (Å²) in [4.78, 5) is 30.3. The number of hydrogen-bond donors (Lipinski definition) is 1. The van der Waals surface area contributed by atoms with Gasteiger partial charge in [-0.15, -0.1) is 11.3 Å². The maximum Gasteiger partial charge on any atom is 0.272 e. The first-order valence-electron chi connectivity index (χ1n) is 10.1. The summed E-state index contributed by atoms with van der Waals surface area (Å²) < 4.78 is 2.30. The summed E-state index contributed by atoms with van der Waals surface area (Å²) in [6, 6.07) is 17.8. The molecule has 5 nitrogen and oxygen atoms in total. The van der Waals surface area contributed by atoms with Crippen LogP contribution in [0, 0.1) is 6.92 Å². The third kappa shape index (κ3) is 5.06. The maximum absolute atomic E-state index is 13.1. The number of carbonyl (C=O) groups is 1. The minimum absolute atomic E-state index is 0.0707. The number of hydrogen-bond acceptors (Lipinski definition) is 5. The molecule has 0 unspecified atom stereocenters. The van der Waals surface area contributed by atoms with Crippen molar-refractivity contribution in [2.75, 3.05) is 11.1 Å². The third-order valence-corrected chi connectivity index (χ3v) is 6.84. The Kier molecular flexibility index (Phi) is 6.53. The van der Waals surface area contributed by atoms with Crippen molar-refractivity contribution in [3.8, 4) is 0 Å². The summed E-state index contributed by atoms with van der Waals surface area (Å²) in [7, 11) is 0. The normalized spacial score (nSPS) is 11.0. The highest BCUT2D eigenvalue weighted by Crippen LogP contribution is 2.22. The molecule has 0 bridgehead atoms. The second-order valence-corrected chi connectivity index (χ2v) is 9.15. The van der Waals surface area contributed by atoms with Crippen molar-refractivity contribution in [3.63, 3.8) is 0 Å².